The molecule has 1 unspecified atom stereocenters. The summed E-state index contributed by atoms with van der Waals surface area (Å²) < 4.78 is 6.45. The van der Waals surface area contributed by atoms with E-state index < -0.39 is 0 Å². The molecule has 1 aliphatic carbocycles. The molecular formula is C18H17BrO2. The van der Waals surface area contributed by atoms with Gasteiger partial charge in [0.05, 0.1) is 18.6 Å². The van der Waals surface area contributed by atoms with Gasteiger partial charge in [0.2, 0.25) is 0 Å². The first-order valence-electron chi connectivity index (χ1n) is 7.00. The molecule has 0 aromatic heterocycles. The minimum absolute atomic E-state index is 0.0394. The van der Waals surface area contributed by atoms with Crippen molar-refractivity contribution in [1.82, 2.24) is 0 Å². The van der Waals surface area contributed by atoms with E-state index >= 15 is 0 Å². The van der Waals surface area contributed by atoms with Crippen molar-refractivity contribution in [1.29, 1.82) is 0 Å². The van der Waals surface area contributed by atoms with Gasteiger partial charge in [-0.1, -0.05) is 40.2 Å². The second kappa shape index (κ2) is 5.30. The van der Waals surface area contributed by atoms with Crippen molar-refractivity contribution in [3.05, 3.63) is 62.6 Å². The zero-order valence-corrected chi connectivity index (χ0v) is 14.0. The van der Waals surface area contributed by atoms with Gasteiger partial charge in [-0.15, -0.1) is 0 Å². The third-order valence-electron chi connectivity index (χ3n) is 4.28. The molecule has 2 aromatic rings. The molecule has 2 aromatic carbocycles. The van der Waals surface area contributed by atoms with E-state index in [4.69, 9.17) is 4.74 Å². The molecule has 21 heavy (non-hydrogen) atoms. The first-order chi connectivity index (χ1) is 10.0. The summed E-state index contributed by atoms with van der Waals surface area (Å²) in [4.78, 5) is 13.0. The van der Waals surface area contributed by atoms with Gasteiger partial charge in [-0.25, -0.2) is 0 Å². The van der Waals surface area contributed by atoms with Gasteiger partial charge in [0.15, 0.2) is 5.78 Å². The second-order valence-electron chi connectivity index (χ2n) is 5.53. The maximum absolute atomic E-state index is 13.0. The van der Waals surface area contributed by atoms with Gasteiger partial charge in [0.1, 0.15) is 5.75 Å². The minimum atomic E-state index is -0.0394. The highest BCUT2D eigenvalue weighted by molar-refractivity contribution is 9.10. The number of benzene rings is 2. The maximum Gasteiger partial charge on any atom is 0.174 e. The summed E-state index contributed by atoms with van der Waals surface area (Å²) in [6, 6.07) is 10.2. The van der Waals surface area contributed by atoms with Crippen LogP contribution in [0.15, 0.2) is 34.8 Å². The van der Waals surface area contributed by atoms with Gasteiger partial charge in [0, 0.05) is 4.47 Å². The fraction of sp³-hybridized carbons (Fsp3) is 0.278. The highest BCUT2D eigenvalue weighted by Gasteiger charge is 2.35. The Morgan fingerprint density at radius 2 is 2.00 bits per heavy atom. The Labute approximate surface area is 133 Å². The number of aryl methyl sites for hydroxylation is 1. The molecule has 3 rings (SSSR count). The van der Waals surface area contributed by atoms with Crippen molar-refractivity contribution in [2.75, 3.05) is 7.11 Å². The number of Topliss-reactive ketones (excluding diaryl/α,β-unsaturated/α-hetero) is 1. The van der Waals surface area contributed by atoms with Gasteiger partial charge < -0.3 is 4.74 Å². The third kappa shape index (κ3) is 2.20. The molecule has 0 saturated carbocycles. The zero-order chi connectivity index (χ0) is 15.1. The van der Waals surface area contributed by atoms with E-state index in [0.717, 1.165) is 27.6 Å². The Morgan fingerprint density at radius 1 is 1.29 bits per heavy atom. The smallest absolute Gasteiger partial charge is 0.174 e. The van der Waals surface area contributed by atoms with Crippen LogP contribution in [-0.4, -0.2) is 12.9 Å². The lowest BCUT2D eigenvalue weighted by Crippen LogP contribution is -2.26. The number of carbonyl (C=O) groups is 1. The van der Waals surface area contributed by atoms with Crippen molar-refractivity contribution in [2.24, 2.45) is 0 Å². The summed E-state index contributed by atoms with van der Waals surface area (Å²) in [6.45, 7) is 3.93. The van der Waals surface area contributed by atoms with E-state index in [0.29, 0.717) is 11.3 Å². The fourth-order valence-electron chi connectivity index (χ4n) is 3.08. The van der Waals surface area contributed by atoms with E-state index in [1.165, 1.54) is 5.56 Å². The predicted molar refractivity (Wildman–Crippen MR) is 87.4 cm³/mol. The summed E-state index contributed by atoms with van der Waals surface area (Å²) in [5, 5.41) is 0. The third-order valence-corrected chi connectivity index (χ3v) is 5.11. The molecule has 3 heteroatoms. The highest BCUT2D eigenvalue weighted by Crippen LogP contribution is 2.41. The van der Waals surface area contributed by atoms with Crippen LogP contribution in [-0.2, 0) is 6.42 Å². The molecule has 108 valence electrons. The van der Waals surface area contributed by atoms with E-state index in [1.807, 2.05) is 38.1 Å². The predicted octanol–water partition coefficient (Wildman–Crippen LogP) is 4.60. The van der Waals surface area contributed by atoms with Crippen molar-refractivity contribution in [2.45, 2.75) is 26.2 Å². The lowest BCUT2D eigenvalue weighted by molar-refractivity contribution is 0.0945. The Kier molecular flexibility index (Phi) is 3.62. The number of ketones is 1. The van der Waals surface area contributed by atoms with Gasteiger partial charge >= 0.3 is 0 Å². The van der Waals surface area contributed by atoms with Gasteiger partial charge in [-0.2, -0.15) is 0 Å². The van der Waals surface area contributed by atoms with Crippen LogP contribution in [0.5, 0.6) is 5.75 Å². The summed E-state index contributed by atoms with van der Waals surface area (Å²) in [6.07, 6.45) is 0.823. The van der Waals surface area contributed by atoms with Crippen molar-refractivity contribution in [3.8, 4) is 5.75 Å². The molecule has 0 N–H and O–H groups in total. The van der Waals surface area contributed by atoms with Crippen molar-refractivity contribution >= 4 is 21.7 Å². The standard InChI is InChI=1S/C18H17BrO2/c1-10-8-15(19)11(2)16(18(10)21-3)17(20)14-9-12-6-4-5-7-13(12)14/h4-8,14H,9H2,1-3H3. The molecule has 0 aliphatic heterocycles. The maximum atomic E-state index is 13.0. The van der Waals surface area contributed by atoms with E-state index in [-0.39, 0.29) is 11.7 Å². The number of rotatable bonds is 3. The number of methoxy groups -OCH3 is 1. The Hall–Kier alpha value is -1.61. The summed E-state index contributed by atoms with van der Waals surface area (Å²) in [5.74, 6) is 0.819. The molecule has 0 bridgehead atoms. The molecule has 1 aliphatic rings. The normalized spacial score (nSPS) is 16.1. The van der Waals surface area contributed by atoms with Crippen LogP contribution in [0.1, 0.15) is 38.5 Å². The van der Waals surface area contributed by atoms with Crippen LogP contribution in [0.2, 0.25) is 0 Å². The second-order valence-corrected chi connectivity index (χ2v) is 6.38. The lowest BCUT2D eigenvalue weighted by atomic mass is 9.73. The average Bonchev–Trinajstić information content (AvgIpc) is 2.43. The van der Waals surface area contributed by atoms with Gasteiger partial charge in [-0.3, -0.25) is 4.79 Å². The van der Waals surface area contributed by atoms with Crippen LogP contribution >= 0.6 is 15.9 Å². The summed E-state index contributed by atoms with van der Waals surface area (Å²) >= 11 is 3.54. The number of halogens is 1. The molecule has 0 fully saturated rings. The van der Waals surface area contributed by atoms with Crippen LogP contribution in [0, 0.1) is 13.8 Å². The first kappa shape index (κ1) is 14.3. The number of carbonyl (C=O) groups excluding carboxylic acids is 1. The quantitative estimate of drug-likeness (QED) is 0.760. The first-order valence-corrected chi connectivity index (χ1v) is 7.79. The summed E-state index contributed by atoms with van der Waals surface area (Å²) in [7, 11) is 1.63. The lowest BCUT2D eigenvalue weighted by Gasteiger charge is -2.30. The molecule has 1 atom stereocenters. The van der Waals surface area contributed by atoms with E-state index in [9.17, 15) is 4.79 Å². The van der Waals surface area contributed by atoms with Crippen molar-refractivity contribution < 1.29 is 9.53 Å². The monoisotopic (exact) mass is 344 g/mol. The number of fused-ring (bicyclic) bond motifs is 1. The van der Waals surface area contributed by atoms with E-state index in [2.05, 4.69) is 22.0 Å². The SMILES string of the molecule is COc1c(C)cc(Br)c(C)c1C(=O)C1Cc2ccccc21. The minimum Gasteiger partial charge on any atom is -0.496 e. The molecule has 0 amide bonds. The van der Waals surface area contributed by atoms with Gasteiger partial charge in [0.25, 0.3) is 0 Å². The van der Waals surface area contributed by atoms with Gasteiger partial charge in [-0.05, 0) is 48.6 Å². The largest absolute Gasteiger partial charge is 0.496 e. The zero-order valence-electron chi connectivity index (χ0n) is 12.4. The Balaban J connectivity index is 2.08. The molecule has 0 saturated heterocycles. The highest BCUT2D eigenvalue weighted by atomic mass is 79.9. The fourth-order valence-corrected chi connectivity index (χ4v) is 3.62. The topological polar surface area (TPSA) is 26.3 Å². The Bertz CT molecular complexity index is 734. The average molecular weight is 345 g/mol. The molecule has 0 heterocycles. The molecule has 2 nitrogen and oxygen atoms in total. The molecule has 0 spiro atoms. The van der Waals surface area contributed by atoms with Crippen LogP contribution in [0.4, 0.5) is 0 Å². The van der Waals surface area contributed by atoms with E-state index in [1.54, 1.807) is 7.11 Å². The van der Waals surface area contributed by atoms with Crippen LogP contribution in [0.25, 0.3) is 0 Å². The van der Waals surface area contributed by atoms with Crippen LogP contribution in [0.3, 0.4) is 0 Å². The Morgan fingerprint density at radius 3 is 2.67 bits per heavy atom. The van der Waals surface area contributed by atoms with Crippen molar-refractivity contribution in [3.63, 3.8) is 0 Å². The molecule has 0 radical (unpaired) electrons. The number of ether oxygens (including phenoxy) is 1. The number of hydrogen-bond acceptors (Lipinski definition) is 2. The van der Waals surface area contributed by atoms with Crippen LogP contribution < -0.4 is 4.74 Å². The molecular weight excluding hydrogens is 328 g/mol. The number of hydrogen-bond donors (Lipinski definition) is 0. The summed E-state index contributed by atoms with van der Waals surface area (Å²) in [5.41, 5.74) is 5.07.